The van der Waals surface area contributed by atoms with Gasteiger partial charge in [-0.3, -0.25) is 4.79 Å². The Kier molecular flexibility index (Phi) is 3.82. The zero-order chi connectivity index (χ0) is 13.8. The molecule has 1 aliphatic carbocycles. The minimum atomic E-state index is 0.105. The molecule has 0 heterocycles. The molecule has 0 fully saturated rings. The quantitative estimate of drug-likeness (QED) is 0.839. The van der Waals surface area contributed by atoms with Crippen molar-refractivity contribution >= 4 is 5.78 Å². The van der Waals surface area contributed by atoms with Gasteiger partial charge in [-0.15, -0.1) is 0 Å². The monoisotopic (exact) mass is 266 g/mol. The van der Waals surface area contributed by atoms with Crippen LogP contribution in [0, 0.1) is 5.92 Å². The summed E-state index contributed by atoms with van der Waals surface area (Å²) >= 11 is 0. The summed E-state index contributed by atoms with van der Waals surface area (Å²) in [6.45, 7) is 0.600. The van der Waals surface area contributed by atoms with E-state index in [9.17, 15) is 4.79 Å². The highest BCUT2D eigenvalue weighted by atomic mass is 16.5. The van der Waals surface area contributed by atoms with Gasteiger partial charge in [0.25, 0.3) is 0 Å². The van der Waals surface area contributed by atoms with E-state index in [4.69, 9.17) is 4.74 Å². The van der Waals surface area contributed by atoms with E-state index in [0.29, 0.717) is 6.61 Å². The van der Waals surface area contributed by atoms with Crippen molar-refractivity contribution in [1.29, 1.82) is 0 Å². The summed E-state index contributed by atoms with van der Waals surface area (Å²) in [5.41, 5.74) is 2.10. The fourth-order valence-corrected chi connectivity index (χ4v) is 2.77. The molecule has 0 N–H and O–H groups in total. The van der Waals surface area contributed by atoms with Gasteiger partial charge in [-0.05, 0) is 37.0 Å². The maximum absolute atomic E-state index is 12.4. The summed E-state index contributed by atoms with van der Waals surface area (Å²) in [7, 11) is 0. The molecular formula is C18H18O2. The largest absolute Gasteiger partial charge is 0.494 e. The smallest absolute Gasteiger partial charge is 0.166 e. The molecule has 3 rings (SSSR count). The van der Waals surface area contributed by atoms with E-state index >= 15 is 0 Å². The highest BCUT2D eigenvalue weighted by molar-refractivity contribution is 6.00. The van der Waals surface area contributed by atoms with Gasteiger partial charge in [0.1, 0.15) is 5.75 Å². The van der Waals surface area contributed by atoms with Crippen LogP contribution in [0.2, 0.25) is 0 Å². The number of hydrogen-bond acceptors (Lipinski definition) is 2. The van der Waals surface area contributed by atoms with Crippen molar-refractivity contribution in [1.82, 2.24) is 0 Å². The Morgan fingerprint density at radius 2 is 1.75 bits per heavy atom. The Morgan fingerprint density at radius 3 is 2.60 bits per heavy atom. The molecular weight excluding hydrogens is 248 g/mol. The molecule has 102 valence electrons. The highest BCUT2D eigenvalue weighted by Gasteiger charge is 2.26. The van der Waals surface area contributed by atoms with Crippen molar-refractivity contribution < 1.29 is 9.53 Å². The molecule has 0 radical (unpaired) electrons. The number of hydrogen-bond donors (Lipinski definition) is 0. The van der Waals surface area contributed by atoms with E-state index in [-0.39, 0.29) is 11.7 Å². The lowest BCUT2D eigenvalue weighted by Gasteiger charge is -2.23. The van der Waals surface area contributed by atoms with Gasteiger partial charge in [-0.2, -0.15) is 0 Å². The molecule has 0 amide bonds. The van der Waals surface area contributed by atoms with E-state index < -0.39 is 0 Å². The average molecular weight is 266 g/mol. The van der Waals surface area contributed by atoms with Crippen LogP contribution >= 0.6 is 0 Å². The number of para-hydroxylation sites is 1. The lowest BCUT2D eigenvalue weighted by atomic mass is 9.81. The Morgan fingerprint density at radius 1 is 1.00 bits per heavy atom. The van der Waals surface area contributed by atoms with Crippen molar-refractivity contribution in [3.8, 4) is 5.75 Å². The molecule has 2 nitrogen and oxygen atoms in total. The first kappa shape index (κ1) is 12.9. The molecule has 0 bridgehead atoms. The summed E-state index contributed by atoms with van der Waals surface area (Å²) in [6, 6.07) is 17.7. The molecule has 0 spiro atoms. The van der Waals surface area contributed by atoms with Gasteiger partial charge in [0.2, 0.25) is 0 Å². The summed E-state index contributed by atoms with van der Waals surface area (Å²) in [5, 5.41) is 0. The fraction of sp³-hybridized carbons (Fsp3) is 0.278. The molecule has 2 aromatic carbocycles. The molecule has 2 aromatic rings. The Bertz CT molecular complexity index is 589. The Balaban J connectivity index is 1.58. The number of Topliss-reactive ketones (excluding diaryl/α,β-unsaturated/α-hetero) is 1. The summed E-state index contributed by atoms with van der Waals surface area (Å²) in [4.78, 5) is 12.4. The van der Waals surface area contributed by atoms with Crippen LogP contribution in [0.5, 0.6) is 5.75 Å². The minimum Gasteiger partial charge on any atom is -0.494 e. The van der Waals surface area contributed by atoms with Gasteiger partial charge in [-0.1, -0.05) is 42.5 Å². The predicted molar refractivity (Wildman–Crippen MR) is 79.1 cm³/mol. The van der Waals surface area contributed by atoms with Gasteiger partial charge in [0.05, 0.1) is 6.61 Å². The normalized spacial score (nSPS) is 17.6. The maximum Gasteiger partial charge on any atom is 0.166 e. The van der Waals surface area contributed by atoms with E-state index in [0.717, 1.165) is 30.6 Å². The standard InChI is InChI=1S/C18H18O2/c19-18-15(11-10-14-6-4-5-9-17(14)18)12-13-20-16-7-2-1-3-8-16/h1-9,15H,10-13H2. The third kappa shape index (κ3) is 2.74. The maximum atomic E-state index is 12.4. The molecule has 0 saturated carbocycles. The third-order valence-corrected chi connectivity index (χ3v) is 3.89. The number of ether oxygens (including phenoxy) is 1. The zero-order valence-corrected chi connectivity index (χ0v) is 11.4. The van der Waals surface area contributed by atoms with Crippen LogP contribution in [0.25, 0.3) is 0 Å². The van der Waals surface area contributed by atoms with Crippen molar-refractivity contribution in [3.05, 3.63) is 65.7 Å². The van der Waals surface area contributed by atoms with Crippen LogP contribution in [0.1, 0.15) is 28.8 Å². The topological polar surface area (TPSA) is 26.3 Å². The van der Waals surface area contributed by atoms with E-state index in [1.165, 1.54) is 5.56 Å². The number of ketones is 1. The van der Waals surface area contributed by atoms with E-state index in [1.54, 1.807) is 0 Å². The Labute approximate surface area is 119 Å². The van der Waals surface area contributed by atoms with E-state index in [2.05, 4.69) is 6.07 Å². The van der Waals surface area contributed by atoms with Gasteiger partial charge in [0, 0.05) is 11.5 Å². The van der Waals surface area contributed by atoms with Crippen LogP contribution in [0.15, 0.2) is 54.6 Å². The van der Waals surface area contributed by atoms with Crippen LogP contribution in [0.3, 0.4) is 0 Å². The lowest BCUT2D eigenvalue weighted by molar-refractivity contribution is 0.0880. The van der Waals surface area contributed by atoms with Gasteiger partial charge in [0.15, 0.2) is 5.78 Å². The first-order chi connectivity index (χ1) is 9.84. The second-order valence-electron chi connectivity index (χ2n) is 5.21. The fourth-order valence-electron chi connectivity index (χ4n) is 2.77. The molecule has 20 heavy (non-hydrogen) atoms. The van der Waals surface area contributed by atoms with Crippen LogP contribution in [0.4, 0.5) is 0 Å². The molecule has 1 aliphatic rings. The number of carbonyl (C=O) groups is 1. The minimum absolute atomic E-state index is 0.105. The van der Waals surface area contributed by atoms with E-state index in [1.807, 2.05) is 48.5 Å². The zero-order valence-electron chi connectivity index (χ0n) is 11.4. The van der Waals surface area contributed by atoms with Crippen molar-refractivity contribution in [2.75, 3.05) is 6.61 Å². The summed E-state index contributed by atoms with van der Waals surface area (Å²) < 4.78 is 5.69. The van der Waals surface area contributed by atoms with Crippen molar-refractivity contribution in [2.45, 2.75) is 19.3 Å². The van der Waals surface area contributed by atoms with Gasteiger partial charge in [-0.25, -0.2) is 0 Å². The Hall–Kier alpha value is -2.09. The van der Waals surface area contributed by atoms with Crippen molar-refractivity contribution in [3.63, 3.8) is 0 Å². The number of fused-ring (bicyclic) bond motifs is 1. The molecule has 2 heteroatoms. The van der Waals surface area contributed by atoms with Gasteiger partial charge >= 0.3 is 0 Å². The number of carbonyl (C=O) groups excluding carboxylic acids is 1. The third-order valence-electron chi connectivity index (χ3n) is 3.89. The van der Waals surface area contributed by atoms with Crippen LogP contribution in [-0.4, -0.2) is 12.4 Å². The number of aryl methyl sites for hydroxylation is 1. The first-order valence-electron chi connectivity index (χ1n) is 7.14. The molecule has 1 unspecified atom stereocenters. The second-order valence-corrected chi connectivity index (χ2v) is 5.21. The number of benzene rings is 2. The predicted octanol–water partition coefficient (Wildman–Crippen LogP) is 3.90. The molecule has 0 aliphatic heterocycles. The summed E-state index contributed by atoms with van der Waals surface area (Å²) in [5.74, 6) is 1.26. The summed E-state index contributed by atoms with van der Waals surface area (Å²) in [6.07, 6.45) is 2.73. The average Bonchev–Trinajstić information content (AvgIpc) is 2.51. The second kappa shape index (κ2) is 5.91. The molecule has 0 saturated heterocycles. The van der Waals surface area contributed by atoms with Crippen LogP contribution in [-0.2, 0) is 6.42 Å². The van der Waals surface area contributed by atoms with Crippen molar-refractivity contribution in [2.24, 2.45) is 5.92 Å². The molecule has 0 aromatic heterocycles. The first-order valence-corrected chi connectivity index (χ1v) is 7.14. The SMILES string of the molecule is O=C1c2ccccc2CCC1CCOc1ccccc1. The number of rotatable bonds is 4. The highest BCUT2D eigenvalue weighted by Crippen LogP contribution is 2.27. The lowest BCUT2D eigenvalue weighted by Crippen LogP contribution is -2.24. The van der Waals surface area contributed by atoms with Crippen LogP contribution < -0.4 is 4.74 Å². The van der Waals surface area contributed by atoms with Gasteiger partial charge < -0.3 is 4.74 Å². The molecule has 1 atom stereocenters.